The molecule has 7 nitrogen and oxygen atoms in total. The molecule has 1 saturated heterocycles. The molecule has 1 aromatic carbocycles. The Hall–Kier alpha value is -2.41. The van der Waals surface area contributed by atoms with Gasteiger partial charge < -0.3 is 15.0 Å². The maximum atomic E-state index is 12.8. The molecule has 1 aromatic heterocycles. The van der Waals surface area contributed by atoms with Crippen LogP contribution in [0.1, 0.15) is 35.3 Å². The predicted octanol–water partition coefficient (Wildman–Crippen LogP) is 1.88. The predicted molar refractivity (Wildman–Crippen MR) is 99.0 cm³/mol. The van der Waals surface area contributed by atoms with Gasteiger partial charge in [0.15, 0.2) is 5.69 Å². The number of aromatic nitrogens is 2. The summed E-state index contributed by atoms with van der Waals surface area (Å²) in [6, 6.07) is 5.91. The van der Waals surface area contributed by atoms with Crippen molar-refractivity contribution in [3.8, 4) is 0 Å². The SMILES string of the molecule is COCCCNC(=O)C1CCN(C(=O)c2n[nH]c3ccc(C)cc23)CC1. The molecule has 1 aliphatic rings. The van der Waals surface area contributed by atoms with Gasteiger partial charge in [0.1, 0.15) is 0 Å². The lowest BCUT2D eigenvalue weighted by Gasteiger charge is -2.31. The standard InChI is InChI=1S/C19H26N4O3/c1-13-4-5-16-15(12-13)17(22-21-16)19(25)23-9-6-14(7-10-23)18(24)20-8-3-11-26-2/h4-5,12,14H,3,6-11H2,1-2H3,(H,20,24)(H,21,22). The third-order valence-electron chi connectivity index (χ3n) is 4.90. The van der Waals surface area contributed by atoms with Crippen molar-refractivity contribution in [3.63, 3.8) is 0 Å². The molecule has 0 aliphatic carbocycles. The maximum Gasteiger partial charge on any atom is 0.274 e. The van der Waals surface area contributed by atoms with Gasteiger partial charge >= 0.3 is 0 Å². The van der Waals surface area contributed by atoms with E-state index < -0.39 is 0 Å². The number of piperidine rings is 1. The third kappa shape index (κ3) is 4.04. The monoisotopic (exact) mass is 358 g/mol. The second-order valence-electron chi connectivity index (χ2n) is 6.83. The highest BCUT2D eigenvalue weighted by Gasteiger charge is 2.29. The zero-order chi connectivity index (χ0) is 18.5. The van der Waals surface area contributed by atoms with Gasteiger partial charge in [-0.3, -0.25) is 14.7 Å². The first-order valence-corrected chi connectivity index (χ1v) is 9.11. The molecule has 1 aliphatic heterocycles. The van der Waals surface area contributed by atoms with Crippen molar-refractivity contribution in [2.45, 2.75) is 26.2 Å². The minimum Gasteiger partial charge on any atom is -0.385 e. The van der Waals surface area contributed by atoms with Crippen LogP contribution in [0.4, 0.5) is 0 Å². The summed E-state index contributed by atoms with van der Waals surface area (Å²) in [4.78, 5) is 26.8. The van der Waals surface area contributed by atoms with Crippen LogP contribution < -0.4 is 5.32 Å². The van der Waals surface area contributed by atoms with Crippen molar-refractivity contribution in [1.82, 2.24) is 20.4 Å². The Bertz CT molecular complexity index is 778. The summed E-state index contributed by atoms with van der Waals surface area (Å²) in [6.45, 7) is 4.43. The van der Waals surface area contributed by atoms with Crippen LogP contribution in [0, 0.1) is 12.8 Å². The number of nitrogens with zero attached hydrogens (tertiary/aromatic N) is 2. The van der Waals surface area contributed by atoms with Crippen LogP contribution in [0.2, 0.25) is 0 Å². The molecule has 26 heavy (non-hydrogen) atoms. The van der Waals surface area contributed by atoms with E-state index in [1.54, 1.807) is 12.0 Å². The number of aryl methyl sites for hydroxylation is 1. The van der Waals surface area contributed by atoms with Crippen molar-refractivity contribution in [1.29, 1.82) is 0 Å². The Kier molecular flexibility index (Phi) is 5.88. The zero-order valence-electron chi connectivity index (χ0n) is 15.4. The van der Waals surface area contributed by atoms with Crippen molar-refractivity contribution in [3.05, 3.63) is 29.5 Å². The van der Waals surface area contributed by atoms with Gasteiger partial charge in [0.05, 0.1) is 5.52 Å². The maximum absolute atomic E-state index is 12.8. The molecule has 0 radical (unpaired) electrons. The molecule has 2 aromatic rings. The van der Waals surface area contributed by atoms with Gasteiger partial charge in [-0.1, -0.05) is 11.6 Å². The minimum absolute atomic E-state index is 0.0280. The summed E-state index contributed by atoms with van der Waals surface area (Å²) in [7, 11) is 1.65. The van der Waals surface area contributed by atoms with Crippen LogP contribution in [0.25, 0.3) is 10.9 Å². The van der Waals surface area contributed by atoms with E-state index in [-0.39, 0.29) is 17.7 Å². The first-order valence-electron chi connectivity index (χ1n) is 9.11. The second kappa shape index (κ2) is 8.31. The van der Waals surface area contributed by atoms with E-state index in [0.29, 0.717) is 44.8 Å². The number of amides is 2. The summed E-state index contributed by atoms with van der Waals surface area (Å²) in [5.41, 5.74) is 2.42. The van der Waals surface area contributed by atoms with Crippen molar-refractivity contribution in [2.24, 2.45) is 5.92 Å². The molecule has 2 amide bonds. The lowest BCUT2D eigenvalue weighted by molar-refractivity contribution is -0.126. The Morgan fingerprint density at radius 3 is 2.85 bits per heavy atom. The molecule has 2 N–H and O–H groups in total. The highest BCUT2D eigenvalue weighted by molar-refractivity contribution is 6.04. The molecule has 2 heterocycles. The lowest BCUT2D eigenvalue weighted by atomic mass is 9.95. The molecular weight excluding hydrogens is 332 g/mol. The van der Waals surface area contributed by atoms with Crippen molar-refractivity contribution in [2.75, 3.05) is 33.4 Å². The van der Waals surface area contributed by atoms with Crippen LogP contribution in [-0.2, 0) is 9.53 Å². The van der Waals surface area contributed by atoms with Gasteiger partial charge in [0, 0.05) is 44.7 Å². The molecule has 0 atom stereocenters. The molecule has 0 saturated carbocycles. The van der Waals surface area contributed by atoms with Crippen molar-refractivity contribution >= 4 is 22.7 Å². The zero-order valence-corrected chi connectivity index (χ0v) is 15.4. The summed E-state index contributed by atoms with van der Waals surface area (Å²) >= 11 is 0. The second-order valence-corrected chi connectivity index (χ2v) is 6.83. The van der Waals surface area contributed by atoms with Gasteiger partial charge in [-0.2, -0.15) is 5.10 Å². The van der Waals surface area contributed by atoms with Crippen LogP contribution in [0.3, 0.4) is 0 Å². The number of aromatic amines is 1. The molecule has 0 spiro atoms. The van der Waals surface area contributed by atoms with E-state index in [9.17, 15) is 9.59 Å². The number of methoxy groups -OCH3 is 1. The van der Waals surface area contributed by atoms with Crippen LogP contribution in [-0.4, -0.2) is 60.3 Å². The fourth-order valence-corrected chi connectivity index (χ4v) is 3.36. The summed E-state index contributed by atoms with van der Waals surface area (Å²) in [5, 5.41) is 10.9. The Balaban J connectivity index is 1.56. The minimum atomic E-state index is -0.0687. The molecule has 140 valence electrons. The van der Waals surface area contributed by atoms with Crippen LogP contribution in [0.5, 0.6) is 0 Å². The summed E-state index contributed by atoms with van der Waals surface area (Å²) in [5.74, 6) is -0.0189. The molecular formula is C19H26N4O3. The van der Waals surface area contributed by atoms with E-state index in [2.05, 4.69) is 15.5 Å². The number of fused-ring (bicyclic) bond motifs is 1. The third-order valence-corrected chi connectivity index (χ3v) is 4.90. The number of carbonyl (C=O) groups is 2. The average Bonchev–Trinajstić information content (AvgIpc) is 3.07. The Morgan fingerprint density at radius 2 is 2.12 bits per heavy atom. The van der Waals surface area contributed by atoms with E-state index in [0.717, 1.165) is 22.9 Å². The molecule has 0 unspecified atom stereocenters. The van der Waals surface area contributed by atoms with E-state index in [4.69, 9.17) is 4.74 Å². The molecule has 1 fully saturated rings. The van der Waals surface area contributed by atoms with Gasteiger partial charge in [-0.15, -0.1) is 0 Å². The smallest absolute Gasteiger partial charge is 0.274 e. The average molecular weight is 358 g/mol. The molecule has 3 rings (SSSR count). The quantitative estimate of drug-likeness (QED) is 0.772. The fourth-order valence-electron chi connectivity index (χ4n) is 3.36. The van der Waals surface area contributed by atoms with E-state index in [1.807, 2.05) is 25.1 Å². The summed E-state index contributed by atoms with van der Waals surface area (Å²) in [6.07, 6.45) is 2.18. The number of benzene rings is 1. The van der Waals surface area contributed by atoms with E-state index in [1.165, 1.54) is 0 Å². The van der Waals surface area contributed by atoms with E-state index >= 15 is 0 Å². The number of carbonyl (C=O) groups excluding carboxylic acids is 2. The number of rotatable bonds is 6. The number of H-pyrrole nitrogens is 1. The lowest BCUT2D eigenvalue weighted by Crippen LogP contribution is -2.43. The normalized spacial score (nSPS) is 15.4. The molecule has 0 bridgehead atoms. The first-order chi connectivity index (χ1) is 12.6. The number of hydrogen-bond donors (Lipinski definition) is 2. The molecule has 7 heteroatoms. The number of ether oxygens (including phenoxy) is 1. The number of nitrogens with one attached hydrogen (secondary N) is 2. The first kappa shape index (κ1) is 18.4. The summed E-state index contributed by atoms with van der Waals surface area (Å²) < 4.78 is 4.98. The Morgan fingerprint density at radius 1 is 1.35 bits per heavy atom. The van der Waals surface area contributed by atoms with Crippen molar-refractivity contribution < 1.29 is 14.3 Å². The Labute approximate surface area is 153 Å². The van der Waals surface area contributed by atoms with Gasteiger partial charge in [0.25, 0.3) is 5.91 Å². The number of likely N-dealkylation sites (tertiary alicyclic amines) is 1. The van der Waals surface area contributed by atoms with Crippen LogP contribution >= 0.6 is 0 Å². The largest absolute Gasteiger partial charge is 0.385 e. The van der Waals surface area contributed by atoms with Gasteiger partial charge in [-0.25, -0.2) is 0 Å². The highest BCUT2D eigenvalue weighted by Crippen LogP contribution is 2.23. The van der Waals surface area contributed by atoms with Crippen LogP contribution in [0.15, 0.2) is 18.2 Å². The fraction of sp³-hybridized carbons (Fsp3) is 0.526. The number of hydrogen-bond acceptors (Lipinski definition) is 4. The topological polar surface area (TPSA) is 87.3 Å². The highest BCUT2D eigenvalue weighted by atomic mass is 16.5. The van der Waals surface area contributed by atoms with Gasteiger partial charge in [0.2, 0.25) is 5.91 Å². The van der Waals surface area contributed by atoms with Gasteiger partial charge in [-0.05, 0) is 38.3 Å².